The molecule has 8 aromatic carbocycles. The molecule has 4 heteroatoms. The van der Waals surface area contributed by atoms with Gasteiger partial charge in [-0.2, -0.15) is 0 Å². The van der Waals surface area contributed by atoms with Crippen molar-refractivity contribution in [2.45, 2.75) is 0 Å². The van der Waals surface area contributed by atoms with Gasteiger partial charge in [-0.25, -0.2) is 0 Å². The maximum absolute atomic E-state index is 2.41. The molecule has 0 bridgehead atoms. The highest BCUT2D eigenvalue weighted by atomic mass is 32.1. The molecule has 0 aliphatic heterocycles. The Kier molecular flexibility index (Phi) is 8.05. The van der Waals surface area contributed by atoms with E-state index < -0.39 is 0 Å². The van der Waals surface area contributed by atoms with Crippen molar-refractivity contribution in [2.75, 3.05) is 0 Å². The molecule has 58 heavy (non-hydrogen) atoms. The van der Waals surface area contributed by atoms with Gasteiger partial charge < -0.3 is 0 Å². The summed E-state index contributed by atoms with van der Waals surface area (Å²) in [5.74, 6) is 0. The minimum atomic E-state index is 1.25. The summed E-state index contributed by atoms with van der Waals surface area (Å²) in [7, 11) is 0. The van der Waals surface area contributed by atoms with Crippen LogP contribution in [-0.4, -0.2) is 0 Å². The quantitative estimate of drug-likeness (QED) is 0.147. The van der Waals surface area contributed by atoms with Gasteiger partial charge in [-0.05, 0) is 114 Å². The standard InChI is InChI=1S/C54H32S4/c1-3-7-33(8-4-1)35-11-15-37(16-12-35)47-27-29-51(55-47)53-31-45-43-21-19-40-39(41(43)23-25-49(45)57-53)20-22-44-42(40)24-26-50-46(44)32-54(58-50)52-30-28-48(56-52)38-17-13-36(14-18-38)34-9-5-2-6-10-34/h1-32H. The van der Waals surface area contributed by atoms with E-state index in [4.69, 9.17) is 0 Å². The van der Waals surface area contributed by atoms with Crippen LogP contribution in [0.5, 0.6) is 0 Å². The number of fused-ring (bicyclic) bond motifs is 9. The molecule has 0 fully saturated rings. The van der Waals surface area contributed by atoms with E-state index in [2.05, 4.69) is 194 Å². The van der Waals surface area contributed by atoms with E-state index in [0.29, 0.717) is 0 Å². The van der Waals surface area contributed by atoms with Crippen LogP contribution >= 0.6 is 45.3 Å². The molecule has 272 valence electrons. The van der Waals surface area contributed by atoms with Crippen molar-refractivity contribution in [3.63, 3.8) is 0 Å². The van der Waals surface area contributed by atoms with Crippen LogP contribution in [0.1, 0.15) is 0 Å². The largest absolute Gasteiger partial charge is 0.134 e. The monoisotopic (exact) mass is 808 g/mol. The van der Waals surface area contributed by atoms with Gasteiger partial charge >= 0.3 is 0 Å². The Bertz CT molecular complexity index is 3230. The van der Waals surface area contributed by atoms with Gasteiger partial charge in [0, 0.05) is 49.4 Å². The van der Waals surface area contributed by atoms with Gasteiger partial charge in [0.25, 0.3) is 0 Å². The highest BCUT2D eigenvalue weighted by molar-refractivity contribution is 7.27. The van der Waals surface area contributed by atoms with Crippen molar-refractivity contribution >= 4 is 97.8 Å². The zero-order valence-corrected chi connectivity index (χ0v) is 34.4. The maximum Gasteiger partial charge on any atom is 0.0455 e. The Morgan fingerprint density at radius 1 is 0.190 bits per heavy atom. The first-order valence-corrected chi connectivity index (χ1v) is 22.7. The number of thiophene rings is 4. The van der Waals surface area contributed by atoms with E-state index in [-0.39, 0.29) is 0 Å². The van der Waals surface area contributed by atoms with Crippen LogP contribution in [-0.2, 0) is 0 Å². The van der Waals surface area contributed by atoms with Gasteiger partial charge in [0.1, 0.15) is 0 Å². The molecule has 4 heterocycles. The second-order valence-corrected chi connectivity index (χ2v) is 19.1. The predicted octanol–water partition coefficient (Wildman–Crippen LogP) is 17.7. The van der Waals surface area contributed by atoms with Crippen molar-refractivity contribution in [1.29, 1.82) is 0 Å². The molecular formula is C54H32S4. The minimum absolute atomic E-state index is 1.25. The van der Waals surface area contributed by atoms with Crippen LogP contribution in [0.25, 0.3) is 115 Å². The summed E-state index contributed by atoms with van der Waals surface area (Å²) in [6, 6.07) is 71.8. The van der Waals surface area contributed by atoms with Gasteiger partial charge in [0.05, 0.1) is 0 Å². The van der Waals surface area contributed by atoms with Gasteiger partial charge in [-0.3, -0.25) is 0 Å². The summed E-state index contributed by atoms with van der Waals surface area (Å²) >= 11 is 7.55. The van der Waals surface area contributed by atoms with E-state index >= 15 is 0 Å². The Morgan fingerprint density at radius 2 is 0.500 bits per heavy atom. The van der Waals surface area contributed by atoms with Crippen LogP contribution in [0.4, 0.5) is 0 Å². The smallest absolute Gasteiger partial charge is 0.0455 e. The molecule has 12 aromatic rings. The van der Waals surface area contributed by atoms with Crippen molar-refractivity contribution in [3.05, 3.63) is 194 Å². The van der Waals surface area contributed by atoms with E-state index in [1.165, 1.54) is 115 Å². The number of benzene rings is 8. The van der Waals surface area contributed by atoms with Crippen molar-refractivity contribution in [2.24, 2.45) is 0 Å². The maximum atomic E-state index is 2.41. The second-order valence-electron chi connectivity index (χ2n) is 14.8. The molecule has 0 atom stereocenters. The first-order chi connectivity index (χ1) is 28.7. The second kappa shape index (κ2) is 13.8. The Morgan fingerprint density at radius 3 is 0.897 bits per heavy atom. The molecule has 0 aliphatic carbocycles. The normalized spacial score (nSPS) is 11.8. The average Bonchev–Trinajstić information content (AvgIpc) is 4.13. The fraction of sp³-hybridized carbons (Fsp3) is 0. The van der Waals surface area contributed by atoms with Crippen LogP contribution in [0, 0.1) is 0 Å². The molecule has 0 amide bonds. The van der Waals surface area contributed by atoms with E-state index in [1.807, 2.05) is 45.3 Å². The molecule has 0 saturated carbocycles. The summed E-state index contributed by atoms with van der Waals surface area (Å²) in [5, 5.41) is 10.6. The fourth-order valence-corrected chi connectivity index (χ4v) is 12.8. The third kappa shape index (κ3) is 5.75. The van der Waals surface area contributed by atoms with E-state index in [9.17, 15) is 0 Å². The summed E-state index contributed by atoms with van der Waals surface area (Å²) < 4.78 is 2.66. The molecule has 0 spiro atoms. The molecule has 4 aromatic heterocycles. The van der Waals surface area contributed by atoms with Crippen molar-refractivity contribution < 1.29 is 0 Å². The lowest BCUT2D eigenvalue weighted by Gasteiger charge is -2.09. The molecule has 0 N–H and O–H groups in total. The lowest BCUT2D eigenvalue weighted by molar-refractivity contribution is 1.62. The first-order valence-electron chi connectivity index (χ1n) is 19.5. The van der Waals surface area contributed by atoms with E-state index in [1.54, 1.807) is 0 Å². The zero-order chi connectivity index (χ0) is 38.2. The third-order valence-corrected chi connectivity index (χ3v) is 16.3. The summed E-state index contributed by atoms with van der Waals surface area (Å²) in [4.78, 5) is 7.89. The average molecular weight is 809 g/mol. The first kappa shape index (κ1) is 33.9. The molecular weight excluding hydrogens is 777 g/mol. The number of hydrogen-bond acceptors (Lipinski definition) is 4. The van der Waals surface area contributed by atoms with Crippen molar-refractivity contribution in [3.8, 4) is 62.6 Å². The minimum Gasteiger partial charge on any atom is -0.134 e. The lowest BCUT2D eigenvalue weighted by Crippen LogP contribution is -1.81. The molecule has 12 rings (SSSR count). The SMILES string of the molecule is c1ccc(-c2ccc(-c3ccc(-c4cc5c(ccc6c5ccc5c7ccc8sc(-c9ccc(-c%10ccc(-c%11ccccc%11)cc%10)s9)cc8c7ccc65)s4)s3)cc2)cc1. The van der Waals surface area contributed by atoms with Crippen molar-refractivity contribution in [1.82, 2.24) is 0 Å². The predicted molar refractivity (Wildman–Crippen MR) is 258 cm³/mol. The van der Waals surface area contributed by atoms with Gasteiger partial charge in [0.2, 0.25) is 0 Å². The molecule has 0 radical (unpaired) electrons. The Labute approximate surface area is 352 Å². The lowest BCUT2D eigenvalue weighted by atomic mass is 9.95. The summed E-state index contributed by atoms with van der Waals surface area (Å²) in [6.07, 6.45) is 0. The topological polar surface area (TPSA) is 0 Å². The fourth-order valence-electron chi connectivity index (χ4n) is 8.49. The highest BCUT2D eigenvalue weighted by Gasteiger charge is 2.16. The van der Waals surface area contributed by atoms with Crippen LogP contribution < -0.4 is 0 Å². The zero-order valence-electron chi connectivity index (χ0n) is 31.1. The van der Waals surface area contributed by atoms with Gasteiger partial charge in [-0.1, -0.05) is 146 Å². The van der Waals surface area contributed by atoms with Crippen LogP contribution in [0.3, 0.4) is 0 Å². The molecule has 0 nitrogen and oxygen atoms in total. The van der Waals surface area contributed by atoms with Crippen LogP contribution in [0.15, 0.2) is 194 Å². The molecule has 0 saturated heterocycles. The third-order valence-electron chi connectivity index (χ3n) is 11.4. The molecule has 0 unspecified atom stereocenters. The Hall–Kier alpha value is -6.14. The summed E-state index contributed by atoms with van der Waals surface area (Å²) in [6.45, 7) is 0. The van der Waals surface area contributed by atoms with Gasteiger partial charge in [0.15, 0.2) is 0 Å². The number of hydrogen-bond donors (Lipinski definition) is 0. The summed E-state index contributed by atoms with van der Waals surface area (Å²) in [5.41, 5.74) is 7.52. The number of rotatable bonds is 6. The highest BCUT2D eigenvalue weighted by Crippen LogP contribution is 2.46. The molecule has 0 aliphatic rings. The Balaban J connectivity index is 0.856. The van der Waals surface area contributed by atoms with Gasteiger partial charge in [-0.15, -0.1) is 45.3 Å². The van der Waals surface area contributed by atoms with E-state index in [0.717, 1.165) is 0 Å². The van der Waals surface area contributed by atoms with Crippen LogP contribution in [0.2, 0.25) is 0 Å².